The van der Waals surface area contributed by atoms with Crippen LogP contribution in [-0.4, -0.2) is 26.2 Å². The second-order valence-corrected chi connectivity index (χ2v) is 8.26. The molecule has 0 saturated carbocycles. The number of hydrogen-bond acceptors (Lipinski definition) is 4. The van der Waals surface area contributed by atoms with E-state index in [1.807, 2.05) is 44.2 Å². The monoisotopic (exact) mass is 418 g/mol. The molecule has 1 aliphatic rings. The van der Waals surface area contributed by atoms with Gasteiger partial charge in [-0.15, -0.1) is 0 Å². The Morgan fingerprint density at radius 1 is 1.10 bits per heavy atom. The Balaban J connectivity index is 1.76. The highest BCUT2D eigenvalue weighted by Crippen LogP contribution is 2.35. The van der Waals surface area contributed by atoms with E-state index in [1.54, 1.807) is 0 Å². The second-order valence-electron chi connectivity index (χ2n) is 7.88. The van der Waals surface area contributed by atoms with Crippen LogP contribution in [0.5, 0.6) is 5.88 Å². The summed E-state index contributed by atoms with van der Waals surface area (Å²) in [6, 6.07) is 13.6. The van der Waals surface area contributed by atoms with Gasteiger partial charge in [-0.25, -0.2) is 0 Å². The van der Waals surface area contributed by atoms with Crippen LogP contribution in [0.4, 0.5) is 0 Å². The van der Waals surface area contributed by atoms with Crippen molar-refractivity contribution in [1.82, 2.24) is 19.9 Å². The van der Waals surface area contributed by atoms with Gasteiger partial charge < -0.3 is 15.4 Å². The molecule has 6 nitrogen and oxygen atoms in total. The molecule has 0 amide bonds. The summed E-state index contributed by atoms with van der Waals surface area (Å²) >= 11 is 5.41. The number of nitrogens with one attached hydrogen (secondary N) is 3. The molecule has 4 aromatic rings. The minimum Gasteiger partial charge on any atom is -0.494 e. The fraction of sp³-hybridized carbons (Fsp3) is 0.217. The second kappa shape index (κ2) is 6.97. The number of fused-ring (bicyclic) bond motifs is 3. The number of benzene rings is 2. The molecule has 0 saturated heterocycles. The molecule has 4 N–H and O–H groups in total. The highest BCUT2D eigenvalue weighted by atomic mass is 32.1. The number of hydrogen-bond donors (Lipinski definition) is 4. The van der Waals surface area contributed by atoms with Crippen molar-refractivity contribution in [1.29, 1.82) is 0 Å². The summed E-state index contributed by atoms with van der Waals surface area (Å²) in [7, 11) is 0. The number of para-hydroxylation sites is 1. The molecular formula is C23H22N4O2S. The van der Waals surface area contributed by atoms with Crippen molar-refractivity contribution in [3.8, 4) is 11.6 Å². The van der Waals surface area contributed by atoms with E-state index in [0.717, 1.165) is 39.8 Å². The molecule has 2 aromatic carbocycles. The van der Waals surface area contributed by atoms with E-state index >= 15 is 0 Å². The molecule has 0 bridgehead atoms. The van der Waals surface area contributed by atoms with Crippen molar-refractivity contribution in [2.75, 3.05) is 6.54 Å². The average Bonchev–Trinajstić information content (AvgIpc) is 3.06. The van der Waals surface area contributed by atoms with Crippen molar-refractivity contribution in [2.45, 2.75) is 26.3 Å². The Kier molecular flexibility index (Phi) is 4.38. The zero-order valence-electron chi connectivity index (χ0n) is 16.7. The predicted octanol–water partition coefficient (Wildman–Crippen LogP) is 3.93. The first-order valence-electron chi connectivity index (χ1n) is 9.94. The van der Waals surface area contributed by atoms with E-state index in [0.29, 0.717) is 6.54 Å². The molecule has 0 unspecified atom stereocenters. The first-order chi connectivity index (χ1) is 14.4. The summed E-state index contributed by atoms with van der Waals surface area (Å²) in [6.45, 7) is 4.68. The van der Waals surface area contributed by atoms with Gasteiger partial charge in [-0.1, -0.05) is 24.3 Å². The van der Waals surface area contributed by atoms with E-state index in [4.69, 9.17) is 12.2 Å². The number of aromatic nitrogens is 3. The number of H-pyrrole nitrogens is 2. The van der Waals surface area contributed by atoms with Gasteiger partial charge in [0.25, 0.3) is 5.56 Å². The van der Waals surface area contributed by atoms with Crippen LogP contribution < -0.4 is 10.9 Å². The number of aryl methyl sites for hydroxylation is 2. The van der Waals surface area contributed by atoms with Crippen molar-refractivity contribution in [2.24, 2.45) is 0 Å². The number of rotatable bonds is 2. The van der Waals surface area contributed by atoms with Crippen LogP contribution in [0.25, 0.3) is 16.6 Å². The van der Waals surface area contributed by atoms with Crippen molar-refractivity contribution in [3.05, 3.63) is 85.5 Å². The minimum absolute atomic E-state index is 0.141. The van der Waals surface area contributed by atoms with Gasteiger partial charge in [0.1, 0.15) is 5.56 Å². The van der Waals surface area contributed by atoms with E-state index in [9.17, 15) is 9.90 Å². The van der Waals surface area contributed by atoms with Gasteiger partial charge in [0.15, 0.2) is 4.77 Å². The predicted molar refractivity (Wildman–Crippen MR) is 120 cm³/mol. The molecule has 0 radical (unpaired) electrons. The molecule has 0 aliphatic carbocycles. The van der Waals surface area contributed by atoms with Gasteiger partial charge in [-0.05, 0) is 67.4 Å². The maximum Gasteiger partial charge on any atom is 0.260 e. The Morgan fingerprint density at radius 2 is 1.83 bits per heavy atom. The number of aromatic hydroxyl groups is 1. The number of nitrogens with zero attached hydrogens (tertiary/aromatic N) is 1. The Hall–Kier alpha value is -3.16. The summed E-state index contributed by atoms with van der Waals surface area (Å²) < 4.78 is 1.70. The SMILES string of the molecule is Cc1cc(C)cc(-n2c(O)c([C@H]3NCCc4c3[nH]c3ccccc43)c(=O)[nH]c2=S)c1. The molecule has 1 atom stereocenters. The van der Waals surface area contributed by atoms with Crippen LogP contribution in [0.3, 0.4) is 0 Å². The van der Waals surface area contributed by atoms with Crippen molar-refractivity contribution in [3.63, 3.8) is 0 Å². The maximum absolute atomic E-state index is 13.0. The normalized spacial score (nSPS) is 16.0. The van der Waals surface area contributed by atoms with Crippen molar-refractivity contribution < 1.29 is 5.11 Å². The van der Waals surface area contributed by atoms with Gasteiger partial charge in [0.05, 0.1) is 11.7 Å². The first-order valence-corrected chi connectivity index (χ1v) is 10.3. The molecule has 0 fully saturated rings. The Bertz CT molecular complexity index is 1390. The Morgan fingerprint density at radius 3 is 2.60 bits per heavy atom. The summed E-state index contributed by atoms with van der Waals surface area (Å²) in [5, 5.41) is 15.8. The zero-order valence-corrected chi connectivity index (χ0v) is 17.6. The van der Waals surface area contributed by atoms with Crippen LogP contribution in [0.15, 0.2) is 47.3 Å². The standard InChI is InChI=1S/C23H22N4O2S/c1-12-9-13(2)11-14(10-12)27-22(29)18(21(28)26-23(27)30)20-19-16(7-8-24-20)15-5-3-4-6-17(15)25-19/h3-6,9-11,20,24-25,29H,7-8H2,1-2H3,(H,26,28,30)/t20-/m1/s1. The number of aromatic amines is 2. The van der Waals surface area contributed by atoms with E-state index in [2.05, 4.69) is 27.4 Å². The van der Waals surface area contributed by atoms with Crippen molar-refractivity contribution >= 4 is 23.1 Å². The summed E-state index contributed by atoms with van der Waals surface area (Å²) in [5.74, 6) is -0.141. The fourth-order valence-electron chi connectivity index (χ4n) is 4.54. The third-order valence-electron chi connectivity index (χ3n) is 5.73. The molecular weight excluding hydrogens is 396 g/mol. The van der Waals surface area contributed by atoms with Gasteiger partial charge in [-0.3, -0.25) is 14.3 Å². The van der Waals surface area contributed by atoms with Crippen LogP contribution in [-0.2, 0) is 6.42 Å². The topological polar surface area (TPSA) is 85.8 Å². The highest BCUT2D eigenvalue weighted by Gasteiger charge is 2.30. The van der Waals surface area contributed by atoms with Crippen LogP contribution >= 0.6 is 12.2 Å². The molecule has 2 aromatic heterocycles. The first kappa shape index (κ1) is 18.8. The molecule has 3 heterocycles. The minimum atomic E-state index is -0.461. The lowest BCUT2D eigenvalue weighted by atomic mass is 9.95. The van der Waals surface area contributed by atoms with Gasteiger partial charge >= 0.3 is 0 Å². The quantitative estimate of drug-likeness (QED) is 0.372. The molecule has 5 rings (SSSR count). The average molecular weight is 419 g/mol. The third kappa shape index (κ3) is 2.89. The van der Waals surface area contributed by atoms with E-state index < -0.39 is 6.04 Å². The van der Waals surface area contributed by atoms with E-state index in [1.165, 1.54) is 10.1 Å². The summed E-state index contributed by atoms with van der Waals surface area (Å²) in [4.78, 5) is 19.2. The van der Waals surface area contributed by atoms with Crippen LogP contribution in [0.1, 0.15) is 34.0 Å². The van der Waals surface area contributed by atoms with Gasteiger partial charge in [-0.2, -0.15) is 0 Å². The third-order valence-corrected chi connectivity index (χ3v) is 6.02. The largest absolute Gasteiger partial charge is 0.494 e. The van der Waals surface area contributed by atoms with E-state index in [-0.39, 0.29) is 21.8 Å². The van der Waals surface area contributed by atoms with Crippen LogP contribution in [0.2, 0.25) is 0 Å². The van der Waals surface area contributed by atoms with Gasteiger partial charge in [0, 0.05) is 23.1 Å². The molecule has 1 aliphatic heterocycles. The lowest BCUT2D eigenvalue weighted by Crippen LogP contribution is -2.35. The zero-order chi connectivity index (χ0) is 21.0. The summed E-state index contributed by atoms with van der Waals surface area (Å²) in [6.07, 6.45) is 0.852. The lowest BCUT2D eigenvalue weighted by Gasteiger charge is -2.25. The lowest BCUT2D eigenvalue weighted by molar-refractivity contribution is 0.412. The highest BCUT2D eigenvalue weighted by molar-refractivity contribution is 7.71. The molecule has 7 heteroatoms. The van der Waals surface area contributed by atoms with Crippen LogP contribution in [0, 0.1) is 18.6 Å². The fourth-order valence-corrected chi connectivity index (χ4v) is 4.83. The molecule has 0 spiro atoms. The molecule has 152 valence electrons. The Labute approximate surface area is 178 Å². The maximum atomic E-state index is 13.0. The van der Waals surface area contributed by atoms with Gasteiger partial charge in [0.2, 0.25) is 5.88 Å². The summed E-state index contributed by atoms with van der Waals surface area (Å²) in [5.41, 5.74) is 5.80. The smallest absolute Gasteiger partial charge is 0.260 e. The molecule has 30 heavy (non-hydrogen) atoms.